The van der Waals surface area contributed by atoms with Crippen LogP contribution in [0.2, 0.25) is 0 Å². The number of amidine groups is 1. The van der Waals surface area contributed by atoms with Crippen LogP contribution in [0.4, 0.5) is 4.39 Å². The Morgan fingerprint density at radius 2 is 1.80 bits per heavy atom. The molecule has 104 valence electrons. The molecule has 2 rings (SSSR count). The topological polar surface area (TPSA) is 58.6 Å². The van der Waals surface area contributed by atoms with Crippen LogP contribution in [0.15, 0.2) is 64.6 Å². The summed E-state index contributed by atoms with van der Waals surface area (Å²) in [6.07, 6.45) is 0.347. The number of benzene rings is 2. The van der Waals surface area contributed by atoms with E-state index in [2.05, 4.69) is 5.16 Å². The molecule has 5 heteroatoms. The maximum atomic E-state index is 13.8. The van der Waals surface area contributed by atoms with Gasteiger partial charge in [-0.15, -0.1) is 11.8 Å². The third-order valence-electron chi connectivity index (χ3n) is 2.80. The Kier molecular flexibility index (Phi) is 5.01. The van der Waals surface area contributed by atoms with Crippen molar-refractivity contribution in [3.05, 3.63) is 66.0 Å². The first-order chi connectivity index (χ1) is 9.70. The predicted octanol–water partition coefficient (Wildman–Crippen LogP) is 3.80. The van der Waals surface area contributed by atoms with E-state index < -0.39 is 0 Å². The standard InChI is InChI=1S/C15H15FN2OS/c16-12-8-4-5-9-13(12)20-14(10-15(17)18-19)11-6-2-1-3-7-11/h1-9,14,19H,10H2,(H2,17,18). The van der Waals surface area contributed by atoms with Gasteiger partial charge in [-0.1, -0.05) is 47.6 Å². The van der Waals surface area contributed by atoms with Gasteiger partial charge in [0.25, 0.3) is 0 Å². The van der Waals surface area contributed by atoms with Crippen molar-refractivity contribution >= 4 is 17.6 Å². The highest BCUT2D eigenvalue weighted by atomic mass is 32.2. The normalized spacial score (nSPS) is 13.2. The number of thioether (sulfide) groups is 1. The zero-order chi connectivity index (χ0) is 14.4. The monoisotopic (exact) mass is 290 g/mol. The fraction of sp³-hybridized carbons (Fsp3) is 0.133. The third kappa shape index (κ3) is 3.74. The lowest BCUT2D eigenvalue weighted by atomic mass is 10.1. The van der Waals surface area contributed by atoms with Crippen molar-refractivity contribution < 1.29 is 9.60 Å². The fourth-order valence-electron chi connectivity index (χ4n) is 1.82. The minimum absolute atomic E-state index is 0.107. The van der Waals surface area contributed by atoms with Gasteiger partial charge < -0.3 is 10.9 Å². The van der Waals surface area contributed by atoms with Crippen molar-refractivity contribution in [1.29, 1.82) is 0 Å². The number of hydrogen-bond acceptors (Lipinski definition) is 3. The molecule has 2 aromatic rings. The summed E-state index contributed by atoms with van der Waals surface area (Å²) in [6, 6.07) is 16.2. The largest absolute Gasteiger partial charge is 0.409 e. The van der Waals surface area contributed by atoms with Gasteiger partial charge in [-0.25, -0.2) is 4.39 Å². The van der Waals surface area contributed by atoms with Gasteiger partial charge >= 0.3 is 0 Å². The molecule has 0 saturated heterocycles. The van der Waals surface area contributed by atoms with Gasteiger partial charge in [0.2, 0.25) is 0 Å². The summed E-state index contributed by atoms with van der Waals surface area (Å²) in [5.41, 5.74) is 6.60. The van der Waals surface area contributed by atoms with Crippen molar-refractivity contribution in [3.8, 4) is 0 Å². The number of rotatable bonds is 5. The molecule has 0 aliphatic rings. The summed E-state index contributed by atoms with van der Waals surface area (Å²) in [4.78, 5) is 0.548. The summed E-state index contributed by atoms with van der Waals surface area (Å²) in [5, 5.41) is 11.6. The van der Waals surface area contributed by atoms with E-state index in [9.17, 15) is 4.39 Å². The van der Waals surface area contributed by atoms with Crippen molar-refractivity contribution in [3.63, 3.8) is 0 Å². The molecular weight excluding hydrogens is 275 g/mol. The lowest BCUT2D eigenvalue weighted by Gasteiger charge is -2.16. The van der Waals surface area contributed by atoms with Crippen LogP contribution in [0.25, 0.3) is 0 Å². The lowest BCUT2D eigenvalue weighted by Crippen LogP contribution is -2.14. The Bertz CT molecular complexity index is 589. The Labute approximate surface area is 121 Å². The molecule has 3 nitrogen and oxygen atoms in total. The molecule has 0 aliphatic heterocycles. The SMILES string of the molecule is NC(CC(Sc1ccccc1F)c1ccccc1)=NO. The fourth-order valence-corrected chi connectivity index (χ4v) is 3.01. The molecule has 0 aromatic heterocycles. The maximum absolute atomic E-state index is 13.8. The highest BCUT2D eigenvalue weighted by molar-refractivity contribution is 7.99. The molecule has 0 saturated carbocycles. The summed E-state index contributed by atoms with van der Waals surface area (Å²) in [6.45, 7) is 0. The molecule has 2 aromatic carbocycles. The van der Waals surface area contributed by atoms with Gasteiger partial charge in [0, 0.05) is 16.6 Å². The number of oxime groups is 1. The van der Waals surface area contributed by atoms with Crippen LogP contribution in [0.1, 0.15) is 17.2 Å². The van der Waals surface area contributed by atoms with Crippen LogP contribution in [0, 0.1) is 5.82 Å². The second-order valence-corrected chi connectivity index (χ2v) is 5.49. The second kappa shape index (κ2) is 6.96. The molecule has 1 atom stereocenters. The first-order valence-electron chi connectivity index (χ1n) is 6.13. The van der Waals surface area contributed by atoms with Gasteiger partial charge in [-0.2, -0.15) is 0 Å². The quantitative estimate of drug-likeness (QED) is 0.289. The van der Waals surface area contributed by atoms with E-state index in [0.29, 0.717) is 11.3 Å². The minimum Gasteiger partial charge on any atom is -0.409 e. The van der Waals surface area contributed by atoms with Crippen molar-refractivity contribution in [2.45, 2.75) is 16.6 Å². The van der Waals surface area contributed by atoms with Crippen LogP contribution in [0.5, 0.6) is 0 Å². The average Bonchev–Trinajstić information content (AvgIpc) is 2.49. The molecule has 0 radical (unpaired) electrons. The molecule has 3 N–H and O–H groups in total. The Balaban J connectivity index is 2.26. The van der Waals surface area contributed by atoms with E-state index in [1.165, 1.54) is 17.8 Å². The molecule has 20 heavy (non-hydrogen) atoms. The summed E-state index contributed by atoms with van der Waals surface area (Å²) >= 11 is 1.37. The van der Waals surface area contributed by atoms with Gasteiger partial charge in [-0.05, 0) is 17.7 Å². The van der Waals surface area contributed by atoms with E-state index in [1.807, 2.05) is 30.3 Å². The van der Waals surface area contributed by atoms with Crippen molar-refractivity contribution in [2.24, 2.45) is 10.9 Å². The molecule has 0 heterocycles. The molecule has 0 aliphatic carbocycles. The van der Waals surface area contributed by atoms with Gasteiger partial charge in [0.05, 0.1) is 0 Å². The Morgan fingerprint density at radius 3 is 2.45 bits per heavy atom. The maximum Gasteiger partial charge on any atom is 0.140 e. The van der Waals surface area contributed by atoms with Crippen LogP contribution >= 0.6 is 11.8 Å². The van der Waals surface area contributed by atoms with E-state index in [4.69, 9.17) is 10.9 Å². The molecule has 0 amide bonds. The van der Waals surface area contributed by atoms with Gasteiger partial charge in [0.1, 0.15) is 11.7 Å². The zero-order valence-corrected chi connectivity index (χ0v) is 11.6. The van der Waals surface area contributed by atoms with Crippen molar-refractivity contribution in [2.75, 3.05) is 0 Å². The van der Waals surface area contributed by atoms with E-state index in [1.54, 1.807) is 18.2 Å². The summed E-state index contributed by atoms with van der Waals surface area (Å²) in [7, 11) is 0. The van der Waals surface area contributed by atoms with Crippen LogP contribution < -0.4 is 5.73 Å². The molecule has 0 fully saturated rings. The zero-order valence-electron chi connectivity index (χ0n) is 10.7. The van der Waals surface area contributed by atoms with Crippen LogP contribution in [-0.2, 0) is 0 Å². The highest BCUT2D eigenvalue weighted by Crippen LogP contribution is 2.38. The number of nitrogens with zero attached hydrogens (tertiary/aromatic N) is 1. The second-order valence-electron chi connectivity index (χ2n) is 4.24. The average molecular weight is 290 g/mol. The van der Waals surface area contributed by atoms with Crippen LogP contribution in [-0.4, -0.2) is 11.0 Å². The Hall–Kier alpha value is -2.01. The minimum atomic E-state index is -0.266. The van der Waals surface area contributed by atoms with Crippen LogP contribution in [0.3, 0.4) is 0 Å². The number of nitrogens with two attached hydrogens (primary N) is 1. The molecular formula is C15H15FN2OS. The smallest absolute Gasteiger partial charge is 0.140 e. The lowest BCUT2D eigenvalue weighted by molar-refractivity contribution is 0.317. The molecule has 1 unspecified atom stereocenters. The number of halogens is 1. The predicted molar refractivity (Wildman–Crippen MR) is 79.5 cm³/mol. The van der Waals surface area contributed by atoms with E-state index in [-0.39, 0.29) is 16.9 Å². The molecule has 0 spiro atoms. The van der Waals surface area contributed by atoms with E-state index in [0.717, 1.165) is 5.56 Å². The Morgan fingerprint density at radius 1 is 1.15 bits per heavy atom. The first-order valence-corrected chi connectivity index (χ1v) is 7.01. The summed E-state index contributed by atoms with van der Waals surface area (Å²) < 4.78 is 13.8. The van der Waals surface area contributed by atoms with Gasteiger partial charge in [-0.3, -0.25) is 0 Å². The molecule has 0 bridgehead atoms. The first kappa shape index (κ1) is 14.4. The highest BCUT2D eigenvalue weighted by Gasteiger charge is 2.17. The van der Waals surface area contributed by atoms with Gasteiger partial charge in [0.15, 0.2) is 0 Å². The van der Waals surface area contributed by atoms with E-state index >= 15 is 0 Å². The number of hydrogen-bond donors (Lipinski definition) is 2. The summed E-state index contributed by atoms with van der Waals surface area (Å²) in [5.74, 6) is -0.138. The third-order valence-corrected chi connectivity index (χ3v) is 4.11. The van der Waals surface area contributed by atoms with Crippen molar-refractivity contribution in [1.82, 2.24) is 0 Å².